The van der Waals surface area contributed by atoms with Crippen molar-refractivity contribution in [1.82, 2.24) is 0 Å². The van der Waals surface area contributed by atoms with Crippen LogP contribution in [0, 0.1) is 0 Å². The second kappa shape index (κ2) is 28.1. The standard InChI is InChI=1S/C31H66O7Si/c1-7-8-9-10-11-12-13-14-15-16-17-18-32-19-20-33-21-22-34-23-24-35-25-26-36-27-28-37-29-30-38-39(5,6)31(2,3)4/h7-30H2,1-6H3. The molecule has 0 aromatic carbocycles. The highest BCUT2D eigenvalue weighted by Gasteiger charge is 2.36. The quantitative estimate of drug-likeness (QED) is 0.0626. The zero-order chi connectivity index (χ0) is 28.9. The van der Waals surface area contributed by atoms with Crippen molar-refractivity contribution >= 4 is 8.32 Å². The van der Waals surface area contributed by atoms with E-state index in [1.807, 2.05) is 0 Å². The lowest BCUT2D eigenvalue weighted by Crippen LogP contribution is -2.41. The van der Waals surface area contributed by atoms with E-state index in [1.54, 1.807) is 0 Å². The van der Waals surface area contributed by atoms with E-state index in [9.17, 15) is 0 Å². The monoisotopic (exact) mass is 578 g/mol. The van der Waals surface area contributed by atoms with Gasteiger partial charge in [0.15, 0.2) is 8.32 Å². The van der Waals surface area contributed by atoms with E-state index < -0.39 is 8.32 Å². The van der Waals surface area contributed by atoms with Crippen LogP contribution < -0.4 is 0 Å². The molecule has 0 heterocycles. The fourth-order valence-corrected chi connectivity index (χ4v) is 4.67. The maximum Gasteiger partial charge on any atom is 0.192 e. The summed E-state index contributed by atoms with van der Waals surface area (Å²) < 4.78 is 39.4. The van der Waals surface area contributed by atoms with E-state index in [-0.39, 0.29) is 5.04 Å². The first kappa shape index (κ1) is 38.9. The van der Waals surface area contributed by atoms with E-state index in [1.165, 1.54) is 64.2 Å². The Bertz CT molecular complexity index is 486. The normalized spacial score (nSPS) is 12.5. The van der Waals surface area contributed by atoms with Gasteiger partial charge in [0.2, 0.25) is 0 Å². The van der Waals surface area contributed by atoms with Crippen molar-refractivity contribution in [1.29, 1.82) is 0 Å². The molecule has 0 aliphatic rings. The van der Waals surface area contributed by atoms with Crippen LogP contribution in [0.1, 0.15) is 98.3 Å². The van der Waals surface area contributed by atoms with Crippen molar-refractivity contribution in [2.24, 2.45) is 0 Å². The lowest BCUT2D eigenvalue weighted by molar-refractivity contribution is -0.0180. The minimum Gasteiger partial charge on any atom is -0.414 e. The Kier molecular flexibility index (Phi) is 28.0. The van der Waals surface area contributed by atoms with Gasteiger partial charge < -0.3 is 32.8 Å². The van der Waals surface area contributed by atoms with E-state index >= 15 is 0 Å². The summed E-state index contributed by atoms with van der Waals surface area (Å²) in [6.45, 7) is 21.5. The SMILES string of the molecule is CCCCCCCCCCCCCOCCOCCOCCOCCOCCOCCO[Si](C)(C)C(C)(C)C. The van der Waals surface area contributed by atoms with Crippen molar-refractivity contribution in [3.63, 3.8) is 0 Å². The number of rotatable bonds is 31. The largest absolute Gasteiger partial charge is 0.414 e. The lowest BCUT2D eigenvalue weighted by Gasteiger charge is -2.36. The highest BCUT2D eigenvalue weighted by atomic mass is 28.4. The van der Waals surface area contributed by atoms with Gasteiger partial charge in [0.25, 0.3) is 0 Å². The van der Waals surface area contributed by atoms with Gasteiger partial charge in [-0.05, 0) is 24.6 Å². The molecular weight excluding hydrogens is 512 g/mol. The Labute approximate surface area is 243 Å². The first-order valence-electron chi connectivity index (χ1n) is 15.9. The summed E-state index contributed by atoms with van der Waals surface area (Å²) in [7, 11) is -1.68. The van der Waals surface area contributed by atoms with Crippen LogP contribution in [0.25, 0.3) is 0 Å². The second-order valence-corrected chi connectivity index (χ2v) is 16.6. The predicted octanol–water partition coefficient (Wildman–Crippen LogP) is 7.42. The first-order chi connectivity index (χ1) is 18.8. The molecule has 0 spiro atoms. The maximum atomic E-state index is 6.08. The van der Waals surface area contributed by atoms with Crippen LogP contribution in [-0.4, -0.2) is 94.2 Å². The second-order valence-electron chi connectivity index (χ2n) is 11.8. The van der Waals surface area contributed by atoms with Crippen molar-refractivity contribution in [2.75, 3.05) is 85.9 Å². The fraction of sp³-hybridized carbons (Fsp3) is 1.00. The number of unbranched alkanes of at least 4 members (excludes halogenated alkanes) is 10. The summed E-state index contributed by atoms with van der Waals surface area (Å²) >= 11 is 0. The molecule has 0 fully saturated rings. The summed E-state index contributed by atoms with van der Waals surface area (Å²) in [5.74, 6) is 0. The summed E-state index contributed by atoms with van der Waals surface area (Å²) in [6.07, 6.45) is 15.0. The molecule has 0 unspecified atom stereocenters. The molecule has 0 radical (unpaired) electrons. The van der Waals surface area contributed by atoms with E-state index in [0.717, 1.165) is 13.0 Å². The average Bonchev–Trinajstić information content (AvgIpc) is 2.89. The zero-order valence-corrected chi connectivity index (χ0v) is 27.8. The van der Waals surface area contributed by atoms with Crippen LogP contribution in [0.2, 0.25) is 18.1 Å². The molecule has 236 valence electrons. The summed E-state index contributed by atoms with van der Waals surface area (Å²) in [4.78, 5) is 0. The average molecular weight is 579 g/mol. The van der Waals surface area contributed by atoms with Gasteiger partial charge in [-0.2, -0.15) is 0 Å². The van der Waals surface area contributed by atoms with Gasteiger partial charge in [0.1, 0.15) is 0 Å². The topological polar surface area (TPSA) is 64.6 Å². The van der Waals surface area contributed by atoms with Gasteiger partial charge in [-0.3, -0.25) is 0 Å². The number of hydrogen-bond acceptors (Lipinski definition) is 7. The number of ether oxygens (including phenoxy) is 6. The molecule has 0 saturated heterocycles. The Morgan fingerprint density at radius 3 is 1.00 bits per heavy atom. The first-order valence-corrected chi connectivity index (χ1v) is 18.8. The Hall–Kier alpha value is -0.0631. The molecule has 0 bridgehead atoms. The molecule has 0 atom stereocenters. The molecule has 0 aliphatic heterocycles. The number of hydrogen-bond donors (Lipinski definition) is 0. The zero-order valence-electron chi connectivity index (χ0n) is 26.8. The molecular formula is C31H66O7Si. The van der Waals surface area contributed by atoms with Gasteiger partial charge in [-0.1, -0.05) is 91.9 Å². The van der Waals surface area contributed by atoms with Crippen LogP contribution in [0.4, 0.5) is 0 Å². The summed E-state index contributed by atoms with van der Waals surface area (Å²) in [6, 6.07) is 0. The maximum absolute atomic E-state index is 6.08. The Balaban J connectivity index is 3.13. The summed E-state index contributed by atoms with van der Waals surface area (Å²) in [5, 5.41) is 0.232. The highest BCUT2D eigenvalue weighted by molar-refractivity contribution is 6.74. The smallest absolute Gasteiger partial charge is 0.192 e. The molecule has 0 aliphatic carbocycles. The fourth-order valence-electron chi connectivity index (χ4n) is 3.64. The molecule has 0 amide bonds. The summed E-state index contributed by atoms with van der Waals surface area (Å²) in [5.41, 5.74) is 0. The third-order valence-electron chi connectivity index (χ3n) is 7.25. The van der Waals surface area contributed by atoms with Gasteiger partial charge in [0, 0.05) is 6.61 Å². The molecule has 7 nitrogen and oxygen atoms in total. The molecule has 0 N–H and O–H groups in total. The third-order valence-corrected chi connectivity index (χ3v) is 11.8. The van der Waals surface area contributed by atoms with Gasteiger partial charge in [-0.25, -0.2) is 0 Å². The minimum atomic E-state index is -1.68. The predicted molar refractivity (Wildman–Crippen MR) is 165 cm³/mol. The van der Waals surface area contributed by atoms with E-state index in [4.69, 9.17) is 32.8 Å². The Morgan fingerprint density at radius 1 is 0.385 bits per heavy atom. The van der Waals surface area contributed by atoms with Crippen molar-refractivity contribution < 1.29 is 32.8 Å². The van der Waals surface area contributed by atoms with E-state index in [2.05, 4.69) is 40.8 Å². The molecule has 0 aromatic rings. The molecule has 0 saturated carbocycles. The Morgan fingerprint density at radius 2 is 0.667 bits per heavy atom. The molecule has 39 heavy (non-hydrogen) atoms. The van der Waals surface area contributed by atoms with Crippen LogP contribution in [-0.2, 0) is 32.8 Å². The van der Waals surface area contributed by atoms with Crippen LogP contribution in [0.15, 0.2) is 0 Å². The minimum absolute atomic E-state index is 0.232. The van der Waals surface area contributed by atoms with Crippen LogP contribution in [0.5, 0.6) is 0 Å². The highest BCUT2D eigenvalue weighted by Crippen LogP contribution is 2.36. The van der Waals surface area contributed by atoms with Crippen LogP contribution in [0.3, 0.4) is 0 Å². The van der Waals surface area contributed by atoms with Gasteiger partial charge in [0.05, 0.1) is 79.3 Å². The van der Waals surface area contributed by atoms with Crippen molar-refractivity contribution in [3.8, 4) is 0 Å². The third kappa shape index (κ3) is 27.9. The molecule has 8 heteroatoms. The van der Waals surface area contributed by atoms with Gasteiger partial charge in [-0.15, -0.1) is 0 Å². The molecule has 0 aromatic heterocycles. The van der Waals surface area contributed by atoms with Crippen molar-refractivity contribution in [3.05, 3.63) is 0 Å². The van der Waals surface area contributed by atoms with Crippen LogP contribution >= 0.6 is 0 Å². The molecule has 0 rings (SSSR count). The van der Waals surface area contributed by atoms with Gasteiger partial charge >= 0.3 is 0 Å². The van der Waals surface area contributed by atoms with E-state index in [0.29, 0.717) is 79.3 Å². The lowest BCUT2D eigenvalue weighted by atomic mass is 10.1. The van der Waals surface area contributed by atoms with Crippen molar-refractivity contribution in [2.45, 2.75) is 116 Å².